The Kier molecular flexibility index (Phi) is 12.0. The van der Waals surface area contributed by atoms with Gasteiger partial charge in [-0.3, -0.25) is 0 Å². The van der Waals surface area contributed by atoms with Crippen molar-refractivity contribution in [2.75, 3.05) is 6.54 Å². The number of benzene rings is 1. The first-order chi connectivity index (χ1) is 14.3. The maximum absolute atomic E-state index is 4.40. The zero-order valence-electron chi connectivity index (χ0n) is 19.9. The molecule has 2 N–H and O–H groups in total. The van der Waals surface area contributed by atoms with Crippen LogP contribution in [0.5, 0.6) is 0 Å². The monoisotopic (exact) mass is 408 g/mol. The quantitative estimate of drug-likeness (QED) is 0.216. The van der Waals surface area contributed by atoms with Gasteiger partial charge in [0, 0.05) is 11.4 Å². The van der Waals surface area contributed by atoms with Crippen molar-refractivity contribution in [1.82, 2.24) is 10.6 Å². The third-order valence-corrected chi connectivity index (χ3v) is 5.78. The first-order valence-electron chi connectivity index (χ1n) is 11.6. The van der Waals surface area contributed by atoms with Gasteiger partial charge in [0.05, 0.1) is 12.6 Å². The molecule has 0 radical (unpaired) electrons. The van der Waals surface area contributed by atoms with Crippen molar-refractivity contribution in [3.05, 3.63) is 84.8 Å². The van der Waals surface area contributed by atoms with Crippen LogP contribution in [-0.4, -0.2) is 6.54 Å². The fourth-order valence-electron chi connectivity index (χ4n) is 3.97. The summed E-state index contributed by atoms with van der Waals surface area (Å²) in [6.07, 6.45) is 6.98. The van der Waals surface area contributed by atoms with Gasteiger partial charge in [-0.05, 0) is 42.7 Å². The molecule has 0 aliphatic carbocycles. The van der Waals surface area contributed by atoms with Gasteiger partial charge in [0.15, 0.2) is 0 Å². The van der Waals surface area contributed by atoms with E-state index in [0.29, 0.717) is 18.4 Å². The van der Waals surface area contributed by atoms with Gasteiger partial charge in [0.2, 0.25) is 0 Å². The standard InChI is InChI=1S/C28H44N2/c1-9-11-16-22(5)27(15-10-2)24(7)25(8)29-20-23(6)30-28(19-21(3)4)26-17-13-12-14-18-26/h12-14,17-18,22,27-30H,3,6-11,15-16,19-20H2,1-2,4-5H3/t22?,27?,28-/m0/s1. The average Bonchev–Trinajstić information content (AvgIpc) is 2.73. The first-order valence-corrected chi connectivity index (χ1v) is 11.6. The summed E-state index contributed by atoms with van der Waals surface area (Å²) in [6, 6.07) is 10.7. The molecule has 0 saturated carbocycles. The molecule has 0 spiro atoms. The van der Waals surface area contributed by atoms with Gasteiger partial charge in [-0.2, -0.15) is 0 Å². The average molecular weight is 409 g/mol. The number of hydrogen-bond acceptors (Lipinski definition) is 2. The Morgan fingerprint density at radius 2 is 1.63 bits per heavy atom. The third-order valence-electron chi connectivity index (χ3n) is 5.78. The van der Waals surface area contributed by atoms with E-state index in [1.165, 1.54) is 31.2 Å². The van der Waals surface area contributed by atoms with Crippen LogP contribution in [0.15, 0.2) is 79.2 Å². The normalized spacial score (nSPS) is 13.7. The molecule has 0 saturated heterocycles. The van der Waals surface area contributed by atoms with E-state index >= 15 is 0 Å². The number of unbranched alkanes of at least 4 members (excludes halogenated alkanes) is 1. The smallest absolute Gasteiger partial charge is 0.0548 e. The van der Waals surface area contributed by atoms with Crippen molar-refractivity contribution in [2.24, 2.45) is 11.8 Å². The molecule has 30 heavy (non-hydrogen) atoms. The highest BCUT2D eigenvalue weighted by Gasteiger charge is 2.21. The second-order valence-corrected chi connectivity index (χ2v) is 8.74. The predicted octanol–water partition coefficient (Wildman–Crippen LogP) is 7.70. The summed E-state index contributed by atoms with van der Waals surface area (Å²) < 4.78 is 0. The van der Waals surface area contributed by atoms with Crippen molar-refractivity contribution >= 4 is 0 Å². The molecule has 0 heterocycles. The fraction of sp³-hybridized carbons (Fsp3) is 0.500. The maximum Gasteiger partial charge on any atom is 0.0548 e. The summed E-state index contributed by atoms with van der Waals surface area (Å²) in [6.45, 7) is 26.6. The molecule has 2 heteroatoms. The predicted molar refractivity (Wildman–Crippen MR) is 134 cm³/mol. The lowest BCUT2D eigenvalue weighted by atomic mass is 9.80. The van der Waals surface area contributed by atoms with Gasteiger partial charge in [-0.1, -0.05) is 102 Å². The number of allylic oxidation sites excluding steroid dienone is 1. The number of nitrogens with one attached hydrogen (secondary N) is 2. The second kappa shape index (κ2) is 13.9. The van der Waals surface area contributed by atoms with Crippen LogP contribution in [0.4, 0.5) is 0 Å². The molecule has 1 rings (SSSR count). The van der Waals surface area contributed by atoms with E-state index in [9.17, 15) is 0 Å². The Bertz CT molecular complexity index is 686. The highest BCUT2D eigenvalue weighted by atomic mass is 15.0. The zero-order chi connectivity index (χ0) is 22.5. The van der Waals surface area contributed by atoms with Crippen molar-refractivity contribution < 1.29 is 0 Å². The lowest BCUT2D eigenvalue weighted by Gasteiger charge is -2.28. The summed E-state index contributed by atoms with van der Waals surface area (Å²) in [7, 11) is 0. The van der Waals surface area contributed by atoms with E-state index in [2.05, 4.69) is 88.9 Å². The van der Waals surface area contributed by atoms with E-state index in [1.54, 1.807) is 0 Å². The summed E-state index contributed by atoms with van der Waals surface area (Å²) in [5.41, 5.74) is 5.44. The zero-order valence-corrected chi connectivity index (χ0v) is 19.9. The van der Waals surface area contributed by atoms with Gasteiger partial charge in [0.25, 0.3) is 0 Å². The van der Waals surface area contributed by atoms with Gasteiger partial charge in [-0.25, -0.2) is 0 Å². The third kappa shape index (κ3) is 9.07. The van der Waals surface area contributed by atoms with E-state index in [1.807, 2.05) is 6.07 Å². The molecule has 1 aromatic rings. The summed E-state index contributed by atoms with van der Waals surface area (Å²) in [5, 5.41) is 7.04. The van der Waals surface area contributed by atoms with E-state index in [-0.39, 0.29) is 6.04 Å². The van der Waals surface area contributed by atoms with Gasteiger partial charge >= 0.3 is 0 Å². The molecule has 2 unspecified atom stereocenters. The maximum atomic E-state index is 4.40. The van der Waals surface area contributed by atoms with Crippen LogP contribution in [0.2, 0.25) is 0 Å². The topological polar surface area (TPSA) is 24.1 Å². The Morgan fingerprint density at radius 1 is 0.967 bits per heavy atom. The molecule has 2 nitrogen and oxygen atoms in total. The van der Waals surface area contributed by atoms with E-state index in [0.717, 1.165) is 35.4 Å². The molecule has 166 valence electrons. The van der Waals surface area contributed by atoms with Gasteiger partial charge in [-0.15, -0.1) is 6.58 Å². The fourth-order valence-corrected chi connectivity index (χ4v) is 3.97. The summed E-state index contributed by atoms with van der Waals surface area (Å²) in [4.78, 5) is 0. The molecule has 3 atom stereocenters. The SMILES string of the molecule is C=C(C)C[C@H](NC(=C)CNC(=C)C(=C)C(CCC)C(C)CCCC)c1ccccc1. The molecule has 1 aromatic carbocycles. The first kappa shape index (κ1) is 25.8. The van der Waals surface area contributed by atoms with Crippen molar-refractivity contribution in [2.45, 2.75) is 72.3 Å². The number of rotatable bonds is 16. The molecular formula is C28H44N2. The van der Waals surface area contributed by atoms with Crippen LogP contribution >= 0.6 is 0 Å². The van der Waals surface area contributed by atoms with Crippen LogP contribution in [0.1, 0.15) is 77.8 Å². The van der Waals surface area contributed by atoms with Crippen LogP contribution in [0.25, 0.3) is 0 Å². The van der Waals surface area contributed by atoms with Crippen molar-refractivity contribution in [3.63, 3.8) is 0 Å². The second-order valence-electron chi connectivity index (χ2n) is 8.74. The van der Waals surface area contributed by atoms with E-state index < -0.39 is 0 Å². The molecule has 0 aliphatic rings. The molecule has 0 bridgehead atoms. The van der Waals surface area contributed by atoms with Crippen LogP contribution in [-0.2, 0) is 0 Å². The van der Waals surface area contributed by atoms with Gasteiger partial charge in [0.1, 0.15) is 0 Å². The van der Waals surface area contributed by atoms with Gasteiger partial charge < -0.3 is 10.6 Å². The molecular weight excluding hydrogens is 364 g/mol. The highest BCUT2D eigenvalue weighted by Crippen LogP contribution is 2.31. The summed E-state index contributed by atoms with van der Waals surface area (Å²) >= 11 is 0. The Hall–Kier alpha value is -2.22. The Balaban J connectivity index is 2.67. The lowest BCUT2D eigenvalue weighted by molar-refractivity contribution is 0.353. The highest BCUT2D eigenvalue weighted by molar-refractivity contribution is 5.28. The number of hydrogen-bond donors (Lipinski definition) is 2. The van der Waals surface area contributed by atoms with Crippen molar-refractivity contribution in [1.29, 1.82) is 0 Å². The Labute approximate surface area is 186 Å². The molecule has 0 aromatic heterocycles. The largest absolute Gasteiger partial charge is 0.380 e. The molecule has 0 aliphatic heterocycles. The minimum absolute atomic E-state index is 0.177. The summed E-state index contributed by atoms with van der Waals surface area (Å²) in [5.74, 6) is 1.12. The minimum atomic E-state index is 0.177. The van der Waals surface area contributed by atoms with Crippen LogP contribution in [0.3, 0.4) is 0 Å². The van der Waals surface area contributed by atoms with Crippen molar-refractivity contribution in [3.8, 4) is 0 Å². The molecule has 0 fully saturated rings. The van der Waals surface area contributed by atoms with Crippen LogP contribution < -0.4 is 10.6 Å². The lowest BCUT2D eigenvalue weighted by Crippen LogP contribution is -2.29. The Morgan fingerprint density at radius 3 is 2.20 bits per heavy atom. The van der Waals surface area contributed by atoms with Crippen LogP contribution in [0, 0.1) is 11.8 Å². The minimum Gasteiger partial charge on any atom is -0.380 e. The molecule has 0 amide bonds. The van der Waals surface area contributed by atoms with E-state index in [4.69, 9.17) is 0 Å².